The molecule has 138 valence electrons. The average Bonchev–Trinajstić information content (AvgIpc) is 2.63. The van der Waals surface area contributed by atoms with Gasteiger partial charge in [-0.3, -0.25) is 9.69 Å². The molecular formula is C23H30N2O. The van der Waals surface area contributed by atoms with Crippen LogP contribution in [0.3, 0.4) is 0 Å². The van der Waals surface area contributed by atoms with E-state index in [0.717, 1.165) is 30.8 Å². The van der Waals surface area contributed by atoms with Crippen molar-refractivity contribution < 1.29 is 4.79 Å². The van der Waals surface area contributed by atoms with Gasteiger partial charge < -0.3 is 5.32 Å². The van der Waals surface area contributed by atoms with E-state index in [-0.39, 0.29) is 11.9 Å². The van der Waals surface area contributed by atoms with Gasteiger partial charge in [0, 0.05) is 12.2 Å². The Morgan fingerprint density at radius 3 is 2.35 bits per heavy atom. The Hall–Kier alpha value is -2.13. The monoisotopic (exact) mass is 350 g/mol. The third-order valence-electron chi connectivity index (χ3n) is 5.26. The summed E-state index contributed by atoms with van der Waals surface area (Å²) >= 11 is 0. The molecule has 3 heteroatoms. The van der Waals surface area contributed by atoms with Crippen LogP contribution in [0.15, 0.2) is 54.6 Å². The van der Waals surface area contributed by atoms with E-state index >= 15 is 0 Å². The molecule has 0 unspecified atom stereocenters. The maximum absolute atomic E-state index is 13.2. The van der Waals surface area contributed by atoms with Crippen LogP contribution in [-0.2, 0) is 4.79 Å². The molecule has 0 bridgehead atoms. The largest absolute Gasteiger partial charge is 0.324 e. The van der Waals surface area contributed by atoms with Gasteiger partial charge in [0.2, 0.25) is 5.91 Å². The van der Waals surface area contributed by atoms with Gasteiger partial charge in [-0.2, -0.15) is 0 Å². The summed E-state index contributed by atoms with van der Waals surface area (Å²) in [6, 6.07) is 18.1. The smallest absolute Gasteiger partial charge is 0.246 e. The highest BCUT2D eigenvalue weighted by atomic mass is 16.2. The zero-order valence-corrected chi connectivity index (χ0v) is 16.1. The quantitative estimate of drug-likeness (QED) is 0.801. The minimum Gasteiger partial charge on any atom is -0.324 e. The molecule has 1 fully saturated rings. The minimum atomic E-state index is -0.233. The van der Waals surface area contributed by atoms with E-state index in [4.69, 9.17) is 0 Å². The molecule has 2 aromatic carbocycles. The molecule has 0 aliphatic carbocycles. The van der Waals surface area contributed by atoms with Crippen LogP contribution in [0.4, 0.5) is 5.69 Å². The number of likely N-dealkylation sites (tertiary alicyclic amines) is 1. The van der Waals surface area contributed by atoms with E-state index < -0.39 is 0 Å². The molecule has 2 atom stereocenters. The average molecular weight is 351 g/mol. The number of carbonyl (C=O) groups excluding carboxylic acids is 1. The first-order chi connectivity index (χ1) is 12.5. The Labute approximate surface area is 157 Å². The Balaban J connectivity index is 1.80. The Morgan fingerprint density at radius 2 is 1.73 bits per heavy atom. The fourth-order valence-electron chi connectivity index (χ4n) is 3.79. The van der Waals surface area contributed by atoms with Gasteiger partial charge in [-0.05, 0) is 54.5 Å². The molecule has 0 spiro atoms. The second-order valence-electron chi connectivity index (χ2n) is 7.82. The van der Waals surface area contributed by atoms with Gasteiger partial charge in [0.1, 0.15) is 6.04 Å². The Morgan fingerprint density at radius 1 is 1.04 bits per heavy atom. The second kappa shape index (κ2) is 8.50. The molecule has 3 nitrogen and oxygen atoms in total. The van der Waals surface area contributed by atoms with Gasteiger partial charge in [0.25, 0.3) is 0 Å². The van der Waals surface area contributed by atoms with E-state index in [9.17, 15) is 4.79 Å². The number of anilines is 1. The van der Waals surface area contributed by atoms with Crippen molar-refractivity contribution in [1.82, 2.24) is 4.90 Å². The molecule has 3 rings (SSSR count). The first-order valence-electron chi connectivity index (χ1n) is 9.74. The summed E-state index contributed by atoms with van der Waals surface area (Å²) in [5, 5.41) is 3.14. The van der Waals surface area contributed by atoms with Crippen molar-refractivity contribution in [1.29, 1.82) is 0 Å². The lowest BCUT2D eigenvalue weighted by Crippen LogP contribution is -2.42. The molecule has 0 aromatic heterocycles. The molecular weight excluding hydrogens is 320 g/mol. The van der Waals surface area contributed by atoms with Crippen molar-refractivity contribution in [3.05, 3.63) is 65.7 Å². The summed E-state index contributed by atoms with van der Waals surface area (Å²) < 4.78 is 0. The lowest BCUT2D eigenvalue weighted by Gasteiger charge is -2.36. The van der Waals surface area contributed by atoms with E-state index in [1.54, 1.807) is 0 Å². The molecule has 1 saturated heterocycles. The SMILES string of the molecule is CC(C)c1ccc(NC(=O)[C@@H](c2ccccc2)N2CCC[C@H](C)C2)cc1. The lowest BCUT2D eigenvalue weighted by atomic mass is 9.95. The van der Waals surface area contributed by atoms with Crippen LogP contribution in [0.2, 0.25) is 0 Å². The number of nitrogens with one attached hydrogen (secondary N) is 1. The number of carbonyl (C=O) groups is 1. The summed E-state index contributed by atoms with van der Waals surface area (Å²) in [6.07, 6.45) is 2.40. The first kappa shape index (κ1) is 18.7. The Bertz CT molecular complexity index is 709. The molecule has 0 saturated carbocycles. The van der Waals surface area contributed by atoms with Crippen LogP contribution in [-0.4, -0.2) is 23.9 Å². The predicted octanol–water partition coefficient (Wildman–Crippen LogP) is 5.22. The summed E-state index contributed by atoms with van der Waals surface area (Å²) in [5.74, 6) is 1.18. The number of nitrogens with zero attached hydrogens (tertiary/aromatic N) is 1. The third-order valence-corrected chi connectivity index (χ3v) is 5.26. The minimum absolute atomic E-state index is 0.0580. The van der Waals surface area contributed by atoms with Crippen molar-refractivity contribution >= 4 is 11.6 Å². The van der Waals surface area contributed by atoms with Crippen LogP contribution in [0, 0.1) is 5.92 Å². The number of rotatable bonds is 5. The zero-order valence-electron chi connectivity index (χ0n) is 16.1. The van der Waals surface area contributed by atoms with Crippen LogP contribution in [0.5, 0.6) is 0 Å². The molecule has 1 N–H and O–H groups in total. The van der Waals surface area contributed by atoms with Gasteiger partial charge in [-0.1, -0.05) is 63.2 Å². The summed E-state index contributed by atoms with van der Waals surface area (Å²) in [4.78, 5) is 15.5. The van der Waals surface area contributed by atoms with Crippen molar-refractivity contribution in [2.75, 3.05) is 18.4 Å². The first-order valence-corrected chi connectivity index (χ1v) is 9.74. The molecule has 0 radical (unpaired) electrons. The van der Waals surface area contributed by atoms with Crippen molar-refractivity contribution in [3.8, 4) is 0 Å². The zero-order chi connectivity index (χ0) is 18.5. The molecule has 1 aliphatic heterocycles. The van der Waals surface area contributed by atoms with E-state index in [1.165, 1.54) is 12.0 Å². The molecule has 1 aliphatic rings. The highest BCUT2D eigenvalue weighted by Crippen LogP contribution is 2.28. The number of piperidine rings is 1. The van der Waals surface area contributed by atoms with Gasteiger partial charge in [-0.25, -0.2) is 0 Å². The summed E-state index contributed by atoms with van der Waals surface area (Å²) in [7, 11) is 0. The van der Waals surface area contributed by atoms with Crippen LogP contribution < -0.4 is 5.32 Å². The van der Waals surface area contributed by atoms with Crippen molar-refractivity contribution in [3.63, 3.8) is 0 Å². The topological polar surface area (TPSA) is 32.3 Å². The molecule has 1 heterocycles. The van der Waals surface area contributed by atoms with Gasteiger partial charge in [0.15, 0.2) is 0 Å². The second-order valence-corrected chi connectivity index (χ2v) is 7.82. The summed E-state index contributed by atoms with van der Waals surface area (Å²) in [6.45, 7) is 8.58. The summed E-state index contributed by atoms with van der Waals surface area (Å²) in [5.41, 5.74) is 3.22. The number of amides is 1. The fourth-order valence-corrected chi connectivity index (χ4v) is 3.79. The maximum atomic E-state index is 13.2. The lowest BCUT2D eigenvalue weighted by molar-refractivity contribution is -0.122. The van der Waals surface area contributed by atoms with Crippen LogP contribution >= 0.6 is 0 Å². The normalized spacial score (nSPS) is 19.3. The van der Waals surface area contributed by atoms with E-state index in [2.05, 4.69) is 55.3 Å². The van der Waals surface area contributed by atoms with Gasteiger partial charge in [0.05, 0.1) is 0 Å². The fraction of sp³-hybridized carbons (Fsp3) is 0.435. The van der Waals surface area contributed by atoms with Crippen molar-refractivity contribution in [2.24, 2.45) is 5.92 Å². The van der Waals surface area contributed by atoms with Gasteiger partial charge >= 0.3 is 0 Å². The highest BCUT2D eigenvalue weighted by Gasteiger charge is 2.30. The molecule has 2 aromatic rings. The maximum Gasteiger partial charge on any atom is 0.246 e. The van der Waals surface area contributed by atoms with E-state index in [1.807, 2.05) is 30.3 Å². The highest BCUT2D eigenvalue weighted by molar-refractivity contribution is 5.95. The van der Waals surface area contributed by atoms with Crippen molar-refractivity contribution in [2.45, 2.75) is 45.6 Å². The number of hydrogen-bond acceptors (Lipinski definition) is 2. The van der Waals surface area contributed by atoms with Crippen LogP contribution in [0.25, 0.3) is 0 Å². The Kier molecular flexibility index (Phi) is 6.10. The third kappa shape index (κ3) is 4.53. The number of benzene rings is 2. The standard InChI is InChI=1S/C23H30N2O/c1-17(2)19-11-13-21(14-12-19)24-23(26)22(20-9-5-4-6-10-20)25-15-7-8-18(3)16-25/h4-6,9-14,17-18,22H,7-8,15-16H2,1-3H3,(H,24,26)/t18-,22+/m0/s1. The van der Waals surface area contributed by atoms with Gasteiger partial charge in [-0.15, -0.1) is 0 Å². The van der Waals surface area contributed by atoms with E-state index in [0.29, 0.717) is 11.8 Å². The van der Waals surface area contributed by atoms with Crippen LogP contribution in [0.1, 0.15) is 56.7 Å². The predicted molar refractivity (Wildman–Crippen MR) is 108 cm³/mol. The molecule has 1 amide bonds. The number of hydrogen-bond donors (Lipinski definition) is 1. The molecule has 26 heavy (non-hydrogen) atoms.